The van der Waals surface area contributed by atoms with Gasteiger partial charge in [-0.2, -0.15) is 8.78 Å². The zero-order valence-electron chi connectivity index (χ0n) is 13.5. The molecular weight excluding hydrogens is 488 g/mol. The Bertz CT molecular complexity index is 754. The highest BCUT2D eigenvalue weighted by Gasteiger charge is 2.30. The molecule has 2 aromatic carbocycles. The minimum atomic E-state index is -4.77. The standard InChI is InChI=1S/C16H14F5N3O2.HI/c17-14(18)25-13-3-1-2-10(8-13)9-23-15(22)24-11-4-6-12(7-5-11)26-16(19,20)21;/h1-8,14H,9H2,(H3,22,23,24);1H. The molecule has 0 saturated carbocycles. The van der Waals surface area contributed by atoms with Crippen molar-refractivity contribution in [2.45, 2.75) is 19.5 Å². The van der Waals surface area contributed by atoms with Crippen LogP contribution in [0.3, 0.4) is 0 Å². The summed E-state index contributed by atoms with van der Waals surface area (Å²) in [5.41, 5.74) is 6.67. The summed E-state index contributed by atoms with van der Waals surface area (Å²) < 4.78 is 68.6. The number of nitrogens with one attached hydrogen (secondary N) is 1. The van der Waals surface area contributed by atoms with Crippen molar-refractivity contribution < 1.29 is 31.4 Å². The number of halogens is 6. The molecule has 3 N–H and O–H groups in total. The van der Waals surface area contributed by atoms with Crippen molar-refractivity contribution >= 4 is 35.6 Å². The number of nitrogens with two attached hydrogens (primary N) is 1. The van der Waals surface area contributed by atoms with Gasteiger partial charge >= 0.3 is 13.0 Å². The molecule has 5 nitrogen and oxygen atoms in total. The maximum absolute atomic E-state index is 12.2. The molecule has 0 amide bonds. The van der Waals surface area contributed by atoms with Crippen molar-refractivity contribution in [1.29, 1.82) is 0 Å². The molecule has 0 heterocycles. The van der Waals surface area contributed by atoms with Crippen LogP contribution < -0.4 is 20.5 Å². The van der Waals surface area contributed by atoms with Gasteiger partial charge in [0.05, 0.1) is 6.54 Å². The summed E-state index contributed by atoms with van der Waals surface area (Å²) in [7, 11) is 0. The Balaban J connectivity index is 0.00000364. The fourth-order valence-electron chi connectivity index (χ4n) is 1.92. The summed E-state index contributed by atoms with van der Waals surface area (Å²) in [6, 6.07) is 10.9. The molecule has 11 heteroatoms. The molecular formula is C16H15F5IN3O2. The third kappa shape index (κ3) is 8.75. The number of aliphatic imine (C=N–C) groups is 1. The van der Waals surface area contributed by atoms with E-state index in [4.69, 9.17) is 5.73 Å². The van der Waals surface area contributed by atoms with Gasteiger partial charge in [-0.1, -0.05) is 12.1 Å². The van der Waals surface area contributed by atoms with Gasteiger partial charge in [0.25, 0.3) is 0 Å². The van der Waals surface area contributed by atoms with Crippen LogP contribution in [0.25, 0.3) is 0 Å². The lowest BCUT2D eigenvalue weighted by Gasteiger charge is -2.10. The first-order valence-electron chi connectivity index (χ1n) is 7.18. The van der Waals surface area contributed by atoms with Crippen LogP contribution in [-0.2, 0) is 6.54 Å². The zero-order valence-corrected chi connectivity index (χ0v) is 15.9. The van der Waals surface area contributed by atoms with Crippen molar-refractivity contribution in [3.63, 3.8) is 0 Å². The molecule has 0 aliphatic rings. The van der Waals surface area contributed by atoms with Crippen LogP contribution in [0.4, 0.5) is 27.6 Å². The fourth-order valence-corrected chi connectivity index (χ4v) is 1.92. The van der Waals surface area contributed by atoms with Gasteiger partial charge in [0.15, 0.2) is 5.96 Å². The molecule has 0 saturated heterocycles. The van der Waals surface area contributed by atoms with Gasteiger partial charge in [-0.25, -0.2) is 4.99 Å². The second-order valence-corrected chi connectivity index (χ2v) is 4.92. The van der Waals surface area contributed by atoms with E-state index in [0.29, 0.717) is 11.3 Å². The van der Waals surface area contributed by atoms with Crippen LogP contribution in [-0.4, -0.2) is 18.9 Å². The van der Waals surface area contributed by atoms with Crippen molar-refractivity contribution in [2.75, 3.05) is 5.32 Å². The highest BCUT2D eigenvalue weighted by atomic mass is 127. The van der Waals surface area contributed by atoms with E-state index >= 15 is 0 Å². The summed E-state index contributed by atoms with van der Waals surface area (Å²) in [5.74, 6) is -0.372. The van der Waals surface area contributed by atoms with Crippen molar-refractivity contribution in [3.8, 4) is 11.5 Å². The molecule has 0 aliphatic carbocycles. The Morgan fingerprint density at radius 3 is 2.33 bits per heavy atom. The summed E-state index contributed by atoms with van der Waals surface area (Å²) in [6.07, 6.45) is -4.77. The predicted molar refractivity (Wildman–Crippen MR) is 101 cm³/mol. The van der Waals surface area contributed by atoms with E-state index < -0.39 is 13.0 Å². The lowest BCUT2D eigenvalue weighted by Crippen LogP contribution is -2.22. The summed E-state index contributed by atoms with van der Waals surface area (Å²) in [6.45, 7) is -2.83. The molecule has 148 valence electrons. The maximum Gasteiger partial charge on any atom is 0.573 e. The number of alkyl halides is 5. The van der Waals surface area contributed by atoms with Crippen LogP contribution in [0.1, 0.15) is 5.56 Å². The number of hydrogen-bond donors (Lipinski definition) is 2. The van der Waals surface area contributed by atoms with Gasteiger partial charge < -0.3 is 20.5 Å². The average molecular weight is 503 g/mol. The predicted octanol–water partition coefficient (Wildman–Crippen LogP) is 4.73. The van der Waals surface area contributed by atoms with E-state index in [2.05, 4.69) is 19.8 Å². The van der Waals surface area contributed by atoms with Gasteiger partial charge in [-0.15, -0.1) is 37.1 Å². The fraction of sp³-hybridized carbons (Fsp3) is 0.188. The Morgan fingerprint density at radius 1 is 1.07 bits per heavy atom. The number of guanidine groups is 1. The van der Waals surface area contributed by atoms with Gasteiger partial charge in [-0.05, 0) is 42.0 Å². The second kappa shape index (κ2) is 10.1. The molecule has 0 aliphatic heterocycles. The summed E-state index contributed by atoms with van der Waals surface area (Å²) in [4.78, 5) is 4.02. The van der Waals surface area contributed by atoms with E-state index in [0.717, 1.165) is 12.1 Å². The molecule has 0 bridgehead atoms. The highest BCUT2D eigenvalue weighted by Crippen LogP contribution is 2.24. The lowest BCUT2D eigenvalue weighted by atomic mass is 10.2. The number of ether oxygens (including phenoxy) is 2. The zero-order chi connectivity index (χ0) is 19.2. The molecule has 2 rings (SSSR count). The lowest BCUT2D eigenvalue weighted by molar-refractivity contribution is -0.274. The van der Waals surface area contributed by atoms with Crippen LogP contribution in [0.15, 0.2) is 53.5 Å². The normalized spacial score (nSPS) is 11.7. The van der Waals surface area contributed by atoms with E-state index in [1.807, 2.05) is 0 Å². The van der Waals surface area contributed by atoms with E-state index in [1.54, 1.807) is 6.07 Å². The third-order valence-electron chi connectivity index (χ3n) is 2.92. The van der Waals surface area contributed by atoms with Crippen molar-refractivity contribution in [1.82, 2.24) is 0 Å². The van der Waals surface area contributed by atoms with Gasteiger partial charge in [0.1, 0.15) is 11.5 Å². The van der Waals surface area contributed by atoms with Crippen LogP contribution >= 0.6 is 24.0 Å². The molecule has 27 heavy (non-hydrogen) atoms. The minimum Gasteiger partial charge on any atom is -0.435 e. The summed E-state index contributed by atoms with van der Waals surface area (Å²) in [5, 5.41) is 2.69. The molecule has 0 atom stereocenters. The molecule has 0 spiro atoms. The van der Waals surface area contributed by atoms with Crippen molar-refractivity contribution in [2.24, 2.45) is 10.7 Å². The molecule has 0 unspecified atom stereocenters. The van der Waals surface area contributed by atoms with Gasteiger partial charge in [0.2, 0.25) is 0 Å². The highest BCUT2D eigenvalue weighted by molar-refractivity contribution is 14.0. The van der Waals surface area contributed by atoms with Crippen LogP contribution in [0, 0.1) is 0 Å². The topological polar surface area (TPSA) is 68.9 Å². The van der Waals surface area contributed by atoms with Gasteiger partial charge in [-0.3, -0.25) is 0 Å². The Kier molecular flexibility index (Phi) is 8.53. The number of nitrogens with zero attached hydrogens (tertiary/aromatic N) is 1. The molecule has 0 radical (unpaired) electrons. The number of hydrogen-bond acceptors (Lipinski definition) is 3. The van der Waals surface area contributed by atoms with Crippen LogP contribution in [0.2, 0.25) is 0 Å². The Morgan fingerprint density at radius 2 is 1.74 bits per heavy atom. The number of rotatable bonds is 6. The monoisotopic (exact) mass is 503 g/mol. The smallest absolute Gasteiger partial charge is 0.435 e. The van der Waals surface area contributed by atoms with E-state index in [-0.39, 0.29) is 48.0 Å². The minimum absolute atomic E-state index is 0. The molecule has 0 fully saturated rings. The largest absolute Gasteiger partial charge is 0.573 e. The first kappa shape index (κ1) is 22.7. The van der Waals surface area contributed by atoms with Crippen molar-refractivity contribution in [3.05, 3.63) is 54.1 Å². The maximum atomic E-state index is 12.2. The first-order chi connectivity index (χ1) is 12.2. The average Bonchev–Trinajstić information content (AvgIpc) is 2.53. The molecule has 0 aromatic heterocycles. The van der Waals surface area contributed by atoms with Crippen LogP contribution in [0.5, 0.6) is 11.5 Å². The van der Waals surface area contributed by atoms with E-state index in [1.165, 1.54) is 30.3 Å². The second-order valence-electron chi connectivity index (χ2n) is 4.92. The number of benzene rings is 2. The van der Waals surface area contributed by atoms with E-state index in [9.17, 15) is 22.0 Å². The Hall–Kier alpha value is -2.31. The first-order valence-corrected chi connectivity index (χ1v) is 7.18. The summed E-state index contributed by atoms with van der Waals surface area (Å²) >= 11 is 0. The van der Waals surface area contributed by atoms with Gasteiger partial charge in [0, 0.05) is 5.69 Å². The Labute approximate surface area is 168 Å². The quantitative estimate of drug-likeness (QED) is 0.259. The number of anilines is 1. The molecule has 2 aromatic rings. The SMILES string of the molecule is I.NC(=NCc1cccc(OC(F)F)c1)Nc1ccc(OC(F)(F)F)cc1. The third-order valence-corrected chi connectivity index (χ3v) is 2.92.